The summed E-state index contributed by atoms with van der Waals surface area (Å²) in [5, 5.41) is 33.5. The highest BCUT2D eigenvalue weighted by molar-refractivity contribution is 5.80. The number of amides is 1. The van der Waals surface area contributed by atoms with E-state index < -0.39 is 24.2 Å². The van der Waals surface area contributed by atoms with Crippen molar-refractivity contribution < 1.29 is 20.1 Å². The lowest BCUT2D eigenvalue weighted by molar-refractivity contribution is -0.131. The van der Waals surface area contributed by atoms with Crippen LogP contribution in [0, 0.1) is 0 Å². The number of aliphatic hydroxyl groups is 3. The molecule has 5 heteroatoms. The summed E-state index contributed by atoms with van der Waals surface area (Å²) in [6.45, 7) is 4.27. The Kier molecular flexibility index (Phi) is 46.5. The van der Waals surface area contributed by atoms with Gasteiger partial charge < -0.3 is 20.6 Å². The van der Waals surface area contributed by atoms with Gasteiger partial charge in [0, 0.05) is 0 Å². The SMILES string of the molecule is CCCCCCCCCCCCCCCCCCCCCCCCC(O)C(CO)NC(=O)C(O)CCCCCCCCCCCCCCCCCCCCCC. The van der Waals surface area contributed by atoms with Gasteiger partial charge in [0.05, 0.1) is 18.8 Å². The molecule has 0 spiro atoms. The summed E-state index contributed by atoms with van der Waals surface area (Å²) in [6, 6.07) is -0.707. The van der Waals surface area contributed by atoms with E-state index in [-0.39, 0.29) is 6.61 Å². The molecule has 0 aromatic heterocycles. The summed E-state index contributed by atoms with van der Waals surface area (Å²) in [4.78, 5) is 12.5. The maximum absolute atomic E-state index is 12.5. The average molecular weight is 794 g/mol. The zero-order valence-corrected chi connectivity index (χ0v) is 38.3. The third-order valence-electron chi connectivity index (χ3n) is 12.5. The largest absolute Gasteiger partial charge is 0.394 e. The average Bonchev–Trinajstić information content (AvgIpc) is 3.20. The van der Waals surface area contributed by atoms with Crippen LogP contribution in [0.2, 0.25) is 0 Å². The molecule has 0 aromatic carbocycles. The number of aliphatic hydroxyl groups excluding tert-OH is 3. The molecule has 56 heavy (non-hydrogen) atoms. The van der Waals surface area contributed by atoms with Crippen molar-refractivity contribution in [3.05, 3.63) is 0 Å². The van der Waals surface area contributed by atoms with E-state index in [1.54, 1.807) is 0 Å². The normalized spacial score (nSPS) is 13.3. The standard InChI is InChI=1S/C51H103NO4/c1-3-5-7-9-11-13-15-17-19-21-23-25-26-28-29-31-33-35-37-39-41-43-45-49(54)48(47-53)52-51(56)50(55)46-44-42-40-38-36-34-32-30-27-24-22-20-18-16-14-12-10-8-6-4-2/h48-50,53-55H,3-47H2,1-2H3,(H,52,56). The Labute approximate surface area is 351 Å². The van der Waals surface area contributed by atoms with E-state index in [0.717, 1.165) is 32.1 Å². The van der Waals surface area contributed by atoms with Crippen LogP contribution in [0.25, 0.3) is 0 Å². The fourth-order valence-electron chi connectivity index (χ4n) is 8.43. The summed E-state index contributed by atoms with van der Waals surface area (Å²) >= 11 is 0. The first-order valence-corrected chi connectivity index (χ1v) is 25.8. The van der Waals surface area contributed by atoms with E-state index in [9.17, 15) is 20.1 Å². The molecule has 3 unspecified atom stereocenters. The van der Waals surface area contributed by atoms with Crippen LogP contribution < -0.4 is 5.32 Å². The van der Waals surface area contributed by atoms with Crippen LogP contribution in [0.5, 0.6) is 0 Å². The molecule has 0 saturated heterocycles. The van der Waals surface area contributed by atoms with Crippen molar-refractivity contribution in [3.63, 3.8) is 0 Å². The van der Waals surface area contributed by atoms with Gasteiger partial charge in [0.2, 0.25) is 5.91 Å². The highest BCUT2D eigenvalue weighted by Crippen LogP contribution is 2.18. The van der Waals surface area contributed by atoms with Gasteiger partial charge in [-0.25, -0.2) is 0 Å². The minimum absolute atomic E-state index is 0.307. The van der Waals surface area contributed by atoms with Crippen LogP contribution in [-0.4, -0.2) is 46.1 Å². The van der Waals surface area contributed by atoms with Crippen molar-refractivity contribution in [2.45, 2.75) is 315 Å². The van der Waals surface area contributed by atoms with Crippen LogP contribution in [0.3, 0.4) is 0 Å². The molecule has 3 atom stereocenters. The molecule has 0 saturated carbocycles. The van der Waals surface area contributed by atoms with E-state index in [2.05, 4.69) is 19.2 Å². The van der Waals surface area contributed by atoms with Crippen LogP contribution >= 0.6 is 0 Å². The second-order valence-electron chi connectivity index (χ2n) is 18.1. The summed E-state index contributed by atoms with van der Waals surface area (Å²) < 4.78 is 0. The number of rotatable bonds is 48. The van der Waals surface area contributed by atoms with Gasteiger partial charge in [-0.2, -0.15) is 0 Å². The van der Waals surface area contributed by atoms with Crippen LogP contribution in [0.4, 0.5) is 0 Å². The number of nitrogens with one attached hydrogen (secondary N) is 1. The second kappa shape index (κ2) is 47.0. The van der Waals surface area contributed by atoms with Gasteiger partial charge >= 0.3 is 0 Å². The predicted molar refractivity (Wildman–Crippen MR) is 246 cm³/mol. The van der Waals surface area contributed by atoms with Crippen molar-refractivity contribution in [2.75, 3.05) is 6.61 Å². The molecule has 5 nitrogen and oxygen atoms in total. The first-order chi connectivity index (χ1) is 27.6. The van der Waals surface area contributed by atoms with Gasteiger partial charge in [-0.1, -0.05) is 284 Å². The van der Waals surface area contributed by atoms with E-state index in [0.29, 0.717) is 12.8 Å². The van der Waals surface area contributed by atoms with Crippen molar-refractivity contribution in [2.24, 2.45) is 0 Å². The minimum atomic E-state index is -1.07. The lowest BCUT2D eigenvalue weighted by atomic mass is 10.0. The summed E-state index contributed by atoms with van der Waals surface area (Å²) in [6.07, 6.45) is 55.5. The Morgan fingerprint density at radius 1 is 0.357 bits per heavy atom. The first kappa shape index (κ1) is 55.4. The minimum Gasteiger partial charge on any atom is -0.394 e. The zero-order valence-electron chi connectivity index (χ0n) is 38.3. The number of carbonyl (C=O) groups is 1. The van der Waals surface area contributed by atoms with Crippen molar-refractivity contribution >= 4 is 5.91 Å². The number of carbonyl (C=O) groups excluding carboxylic acids is 1. The molecule has 0 aliphatic carbocycles. The Bertz CT molecular complexity index is 747. The van der Waals surface area contributed by atoms with Gasteiger partial charge in [0.1, 0.15) is 6.10 Å². The number of hydrogen-bond acceptors (Lipinski definition) is 4. The van der Waals surface area contributed by atoms with Crippen LogP contribution in [0.1, 0.15) is 296 Å². The molecule has 0 fully saturated rings. The van der Waals surface area contributed by atoms with Crippen molar-refractivity contribution in [3.8, 4) is 0 Å². The summed E-state index contributed by atoms with van der Waals surface area (Å²) in [5.74, 6) is -0.463. The van der Waals surface area contributed by atoms with Crippen LogP contribution in [0.15, 0.2) is 0 Å². The maximum Gasteiger partial charge on any atom is 0.249 e. The molecular weight excluding hydrogens is 691 g/mol. The fourth-order valence-corrected chi connectivity index (χ4v) is 8.43. The van der Waals surface area contributed by atoms with E-state index in [1.807, 2.05) is 0 Å². The van der Waals surface area contributed by atoms with Crippen molar-refractivity contribution in [1.29, 1.82) is 0 Å². The monoisotopic (exact) mass is 794 g/mol. The zero-order chi connectivity index (χ0) is 40.8. The predicted octanol–water partition coefficient (Wildman–Crippen LogP) is 15.4. The Morgan fingerprint density at radius 2 is 0.571 bits per heavy atom. The van der Waals surface area contributed by atoms with Gasteiger partial charge in [-0.3, -0.25) is 4.79 Å². The Morgan fingerprint density at radius 3 is 0.804 bits per heavy atom. The highest BCUT2D eigenvalue weighted by atomic mass is 16.3. The Balaban J connectivity index is 3.52. The number of unbranched alkanes of at least 4 members (excludes halogenated alkanes) is 40. The molecule has 0 aliphatic heterocycles. The molecule has 4 N–H and O–H groups in total. The fraction of sp³-hybridized carbons (Fsp3) is 0.980. The summed E-state index contributed by atoms with van der Waals surface area (Å²) in [7, 11) is 0. The molecule has 336 valence electrons. The maximum atomic E-state index is 12.5. The van der Waals surface area contributed by atoms with E-state index >= 15 is 0 Å². The number of hydrogen-bond donors (Lipinski definition) is 4. The lowest BCUT2D eigenvalue weighted by Gasteiger charge is -2.23. The van der Waals surface area contributed by atoms with Gasteiger partial charge in [-0.15, -0.1) is 0 Å². The molecule has 0 aromatic rings. The van der Waals surface area contributed by atoms with Gasteiger partial charge in [0.25, 0.3) is 0 Å². The lowest BCUT2D eigenvalue weighted by Crippen LogP contribution is -2.49. The molecule has 1 amide bonds. The quantitative estimate of drug-likeness (QED) is 0.0462. The summed E-state index contributed by atoms with van der Waals surface area (Å²) in [5.41, 5.74) is 0. The molecule has 0 aliphatic rings. The van der Waals surface area contributed by atoms with E-state index in [1.165, 1.54) is 238 Å². The molecular formula is C51H103NO4. The van der Waals surface area contributed by atoms with Crippen LogP contribution in [-0.2, 0) is 4.79 Å². The third-order valence-corrected chi connectivity index (χ3v) is 12.5. The van der Waals surface area contributed by atoms with Gasteiger partial charge in [0.15, 0.2) is 0 Å². The second-order valence-corrected chi connectivity index (χ2v) is 18.1. The smallest absolute Gasteiger partial charge is 0.249 e. The van der Waals surface area contributed by atoms with Gasteiger partial charge in [-0.05, 0) is 12.8 Å². The van der Waals surface area contributed by atoms with E-state index in [4.69, 9.17) is 0 Å². The van der Waals surface area contributed by atoms with Crippen molar-refractivity contribution in [1.82, 2.24) is 5.32 Å². The highest BCUT2D eigenvalue weighted by Gasteiger charge is 2.23. The molecule has 0 heterocycles. The molecule has 0 bridgehead atoms. The molecule has 0 rings (SSSR count). The molecule has 0 radical (unpaired) electrons. The third kappa shape index (κ3) is 41.5. The topological polar surface area (TPSA) is 89.8 Å². The first-order valence-electron chi connectivity index (χ1n) is 25.8. The Hall–Kier alpha value is -0.650.